The first-order valence-electron chi connectivity index (χ1n) is 6.74. The van der Waals surface area contributed by atoms with Crippen molar-refractivity contribution in [2.75, 3.05) is 13.2 Å². The van der Waals surface area contributed by atoms with Crippen molar-refractivity contribution in [1.82, 2.24) is 5.32 Å². The average Bonchev–Trinajstić information content (AvgIpc) is 2.77. The zero-order chi connectivity index (χ0) is 12.1. The molecule has 2 N–H and O–H groups in total. The van der Waals surface area contributed by atoms with E-state index >= 15 is 0 Å². The molecule has 2 nitrogen and oxygen atoms in total. The lowest BCUT2D eigenvalue weighted by Crippen LogP contribution is -2.34. The van der Waals surface area contributed by atoms with Crippen LogP contribution in [-0.4, -0.2) is 24.3 Å². The van der Waals surface area contributed by atoms with Crippen molar-refractivity contribution in [2.45, 2.75) is 38.6 Å². The molecule has 0 fully saturated rings. The Morgan fingerprint density at radius 2 is 1.94 bits per heavy atom. The summed E-state index contributed by atoms with van der Waals surface area (Å²) in [5, 5.41) is 12.6. The highest BCUT2D eigenvalue weighted by atomic mass is 16.3. The standard InChI is InChI=1S/C15H23NO/c1-2-12(7-8-17)11-16-15-9-13-5-3-4-6-14(13)10-15/h3-6,12,15-17H,2,7-11H2,1H3. The zero-order valence-corrected chi connectivity index (χ0v) is 10.7. The highest BCUT2D eigenvalue weighted by Gasteiger charge is 2.20. The van der Waals surface area contributed by atoms with E-state index in [1.807, 2.05) is 0 Å². The Hall–Kier alpha value is -0.860. The Morgan fingerprint density at radius 3 is 2.47 bits per heavy atom. The minimum absolute atomic E-state index is 0.311. The van der Waals surface area contributed by atoms with Crippen LogP contribution in [0, 0.1) is 5.92 Å². The quantitative estimate of drug-likeness (QED) is 0.789. The molecule has 1 aromatic rings. The summed E-state index contributed by atoms with van der Waals surface area (Å²) in [4.78, 5) is 0. The van der Waals surface area contributed by atoms with Crippen molar-refractivity contribution in [2.24, 2.45) is 5.92 Å². The molecule has 94 valence electrons. The van der Waals surface area contributed by atoms with E-state index in [0.29, 0.717) is 18.6 Å². The normalized spacial score (nSPS) is 17.1. The third-order valence-corrected chi connectivity index (χ3v) is 3.86. The fourth-order valence-corrected chi connectivity index (χ4v) is 2.67. The van der Waals surface area contributed by atoms with E-state index in [0.717, 1.165) is 32.2 Å². The minimum atomic E-state index is 0.311. The third kappa shape index (κ3) is 3.30. The van der Waals surface area contributed by atoms with Crippen molar-refractivity contribution in [3.8, 4) is 0 Å². The van der Waals surface area contributed by atoms with Gasteiger partial charge in [-0.2, -0.15) is 0 Å². The number of hydrogen-bond donors (Lipinski definition) is 2. The molecule has 0 amide bonds. The van der Waals surface area contributed by atoms with Gasteiger partial charge in [-0.25, -0.2) is 0 Å². The first-order chi connectivity index (χ1) is 8.33. The van der Waals surface area contributed by atoms with Gasteiger partial charge in [0.05, 0.1) is 0 Å². The molecule has 0 bridgehead atoms. The van der Waals surface area contributed by atoms with Gasteiger partial charge < -0.3 is 10.4 Å². The second kappa shape index (κ2) is 6.18. The van der Waals surface area contributed by atoms with Crippen LogP contribution in [0.25, 0.3) is 0 Å². The first-order valence-corrected chi connectivity index (χ1v) is 6.74. The van der Waals surface area contributed by atoms with Gasteiger partial charge in [-0.05, 0) is 42.9 Å². The lowest BCUT2D eigenvalue weighted by Gasteiger charge is -2.18. The molecular weight excluding hydrogens is 210 g/mol. The van der Waals surface area contributed by atoms with E-state index in [1.165, 1.54) is 11.1 Å². The zero-order valence-electron chi connectivity index (χ0n) is 10.7. The summed E-state index contributed by atoms with van der Waals surface area (Å²) < 4.78 is 0. The monoisotopic (exact) mass is 233 g/mol. The van der Waals surface area contributed by atoms with E-state index in [4.69, 9.17) is 5.11 Å². The van der Waals surface area contributed by atoms with Crippen molar-refractivity contribution in [3.05, 3.63) is 35.4 Å². The van der Waals surface area contributed by atoms with E-state index in [9.17, 15) is 0 Å². The van der Waals surface area contributed by atoms with Crippen LogP contribution in [0.5, 0.6) is 0 Å². The SMILES string of the molecule is CCC(CCO)CNC1Cc2ccccc2C1. The van der Waals surface area contributed by atoms with Crippen LogP contribution in [0.1, 0.15) is 30.9 Å². The molecule has 0 radical (unpaired) electrons. The molecular formula is C15H23NO. The predicted octanol–water partition coefficient (Wildman–Crippen LogP) is 2.15. The fraction of sp³-hybridized carbons (Fsp3) is 0.600. The summed E-state index contributed by atoms with van der Waals surface area (Å²) in [7, 11) is 0. The number of benzene rings is 1. The van der Waals surface area contributed by atoms with Gasteiger partial charge >= 0.3 is 0 Å². The molecule has 0 spiro atoms. The third-order valence-electron chi connectivity index (χ3n) is 3.86. The first kappa shape index (κ1) is 12.6. The highest BCUT2D eigenvalue weighted by molar-refractivity contribution is 5.33. The molecule has 2 rings (SSSR count). The Kier molecular flexibility index (Phi) is 4.57. The maximum atomic E-state index is 8.97. The molecule has 17 heavy (non-hydrogen) atoms. The Morgan fingerprint density at radius 1 is 1.29 bits per heavy atom. The molecule has 0 heterocycles. The molecule has 1 aliphatic carbocycles. The molecule has 1 unspecified atom stereocenters. The van der Waals surface area contributed by atoms with Gasteiger partial charge in [-0.1, -0.05) is 37.6 Å². The molecule has 0 aliphatic heterocycles. The number of nitrogens with one attached hydrogen (secondary N) is 1. The summed E-state index contributed by atoms with van der Waals surface area (Å²) >= 11 is 0. The number of rotatable bonds is 6. The van der Waals surface area contributed by atoms with Crippen LogP contribution in [0.3, 0.4) is 0 Å². The second-order valence-corrected chi connectivity index (χ2v) is 5.07. The summed E-state index contributed by atoms with van der Waals surface area (Å²) in [5.74, 6) is 0.615. The number of aliphatic hydroxyl groups excluding tert-OH is 1. The molecule has 1 atom stereocenters. The molecule has 0 aromatic heterocycles. The van der Waals surface area contributed by atoms with E-state index in [1.54, 1.807) is 0 Å². The Balaban J connectivity index is 1.79. The lowest BCUT2D eigenvalue weighted by molar-refractivity contribution is 0.248. The van der Waals surface area contributed by atoms with Gasteiger partial charge in [-0.15, -0.1) is 0 Å². The van der Waals surface area contributed by atoms with E-state index in [2.05, 4.69) is 36.5 Å². The van der Waals surface area contributed by atoms with Gasteiger partial charge in [0.25, 0.3) is 0 Å². The van der Waals surface area contributed by atoms with Crippen molar-refractivity contribution >= 4 is 0 Å². The van der Waals surface area contributed by atoms with Gasteiger partial charge in [0, 0.05) is 12.6 Å². The van der Waals surface area contributed by atoms with Crippen LogP contribution < -0.4 is 5.32 Å². The topological polar surface area (TPSA) is 32.3 Å². The van der Waals surface area contributed by atoms with Gasteiger partial charge in [0.1, 0.15) is 0 Å². The van der Waals surface area contributed by atoms with Gasteiger partial charge in [-0.3, -0.25) is 0 Å². The van der Waals surface area contributed by atoms with Crippen LogP contribution >= 0.6 is 0 Å². The minimum Gasteiger partial charge on any atom is -0.396 e. The van der Waals surface area contributed by atoms with Crippen LogP contribution in [0.4, 0.5) is 0 Å². The largest absolute Gasteiger partial charge is 0.396 e. The number of aliphatic hydroxyl groups is 1. The molecule has 1 aliphatic rings. The second-order valence-electron chi connectivity index (χ2n) is 5.07. The maximum absolute atomic E-state index is 8.97. The van der Waals surface area contributed by atoms with Crippen LogP contribution in [-0.2, 0) is 12.8 Å². The molecule has 0 saturated heterocycles. The molecule has 2 heteroatoms. The Labute approximate surface area is 104 Å². The van der Waals surface area contributed by atoms with Crippen molar-refractivity contribution in [3.63, 3.8) is 0 Å². The van der Waals surface area contributed by atoms with Gasteiger partial charge in [0.15, 0.2) is 0 Å². The average molecular weight is 233 g/mol. The summed E-state index contributed by atoms with van der Waals surface area (Å²) in [6.07, 6.45) is 4.38. The molecule has 0 saturated carbocycles. The lowest BCUT2D eigenvalue weighted by atomic mass is 10.0. The summed E-state index contributed by atoms with van der Waals surface area (Å²) in [5.41, 5.74) is 3.00. The summed E-state index contributed by atoms with van der Waals surface area (Å²) in [6.45, 7) is 3.55. The highest BCUT2D eigenvalue weighted by Crippen LogP contribution is 2.21. The van der Waals surface area contributed by atoms with E-state index in [-0.39, 0.29) is 0 Å². The van der Waals surface area contributed by atoms with Crippen LogP contribution in [0.15, 0.2) is 24.3 Å². The maximum Gasteiger partial charge on any atom is 0.0434 e. The predicted molar refractivity (Wildman–Crippen MR) is 71.1 cm³/mol. The summed E-state index contributed by atoms with van der Waals surface area (Å²) in [6, 6.07) is 9.33. The van der Waals surface area contributed by atoms with Crippen LogP contribution in [0.2, 0.25) is 0 Å². The number of hydrogen-bond acceptors (Lipinski definition) is 2. The van der Waals surface area contributed by atoms with Gasteiger partial charge in [0.2, 0.25) is 0 Å². The smallest absolute Gasteiger partial charge is 0.0434 e. The fourth-order valence-electron chi connectivity index (χ4n) is 2.67. The number of fused-ring (bicyclic) bond motifs is 1. The molecule has 1 aromatic carbocycles. The van der Waals surface area contributed by atoms with E-state index < -0.39 is 0 Å². The van der Waals surface area contributed by atoms with Crippen molar-refractivity contribution < 1.29 is 5.11 Å². The van der Waals surface area contributed by atoms with Crippen molar-refractivity contribution in [1.29, 1.82) is 0 Å². The Bertz CT molecular complexity index is 326.